The second-order valence-electron chi connectivity index (χ2n) is 5.78. The average molecular weight is 292 g/mol. The molecule has 0 radical (unpaired) electrons. The van der Waals surface area contributed by atoms with Gasteiger partial charge in [-0.25, -0.2) is 4.39 Å². The van der Waals surface area contributed by atoms with E-state index in [9.17, 15) is 9.18 Å². The van der Waals surface area contributed by atoms with Crippen LogP contribution < -0.4 is 10.1 Å². The van der Waals surface area contributed by atoms with Gasteiger partial charge >= 0.3 is 0 Å². The fourth-order valence-electron chi connectivity index (χ4n) is 2.57. The molecule has 0 aromatic heterocycles. The molecule has 0 unspecified atom stereocenters. The number of carbonyl (C=O) groups is 1. The first-order valence-electron chi connectivity index (χ1n) is 7.65. The van der Waals surface area contributed by atoms with Crippen LogP contribution >= 0.6 is 0 Å². The highest BCUT2D eigenvalue weighted by Crippen LogP contribution is 2.23. The van der Waals surface area contributed by atoms with Crippen molar-refractivity contribution in [2.24, 2.45) is 0 Å². The van der Waals surface area contributed by atoms with Gasteiger partial charge in [0.25, 0.3) is 5.91 Å². The molecule has 4 nitrogen and oxygen atoms in total. The Morgan fingerprint density at radius 2 is 2.10 bits per heavy atom. The summed E-state index contributed by atoms with van der Waals surface area (Å²) in [5.41, 5.74) is 0.774. The lowest BCUT2D eigenvalue weighted by Crippen LogP contribution is -2.32. The molecule has 3 rings (SSSR count). The summed E-state index contributed by atoms with van der Waals surface area (Å²) >= 11 is 0. The van der Waals surface area contributed by atoms with Gasteiger partial charge in [0.15, 0.2) is 6.61 Å². The maximum atomic E-state index is 13.4. The Labute approximate surface area is 124 Å². The molecule has 1 heterocycles. The van der Waals surface area contributed by atoms with Gasteiger partial charge in [-0.2, -0.15) is 0 Å². The average Bonchev–Trinajstić information content (AvgIpc) is 3.15. The molecule has 5 heteroatoms. The van der Waals surface area contributed by atoms with E-state index in [4.69, 9.17) is 4.74 Å². The Morgan fingerprint density at radius 3 is 2.81 bits per heavy atom. The fourth-order valence-corrected chi connectivity index (χ4v) is 2.57. The van der Waals surface area contributed by atoms with E-state index in [-0.39, 0.29) is 18.3 Å². The zero-order valence-electron chi connectivity index (χ0n) is 12.1. The van der Waals surface area contributed by atoms with Gasteiger partial charge in [0.2, 0.25) is 0 Å². The minimum atomic E-state index is -0.277. The van der Waals surface area contributed by atoms with E-state index in [0.29, 0.717) is 18.3 Å². The minimum Gasteiger partial charge on any atom is -0.483 e. The monoisotopic (exact) mass is 292 g/mol. The number of hydrogen-bond acceptors (Lipinski definition) is 3. The van der Waals surface area contributed by atoms with E-state index >= 15 is 0 Å². The van der Waals surface area contributed by atoms with Gasteiger partial charge in [0.05, 0.1) is 0 Å². The van der Waals surface area contributed by atoms with Gasteiger partial charge in [0, 0.05) is 31.2 Å². The molecule has 0 bridgehead atoms. The Morgan fingerprint density at radius 1 is 1.33 bits per heavy atom. The second-order valence-corrected chi connectivity index (χ2v) is 5.78. The zero-order chi connectivity index (χ0) is 14.7. The van der Waals surface area contributed by atoms with Crippen LogP contribution in [0, 0.1) is 5.82 Å². The van der Waals surface area contributed by atoms with E-state index in [1.807, 2.05) is 4.90 Å². The summed E-state index contributed by atoms with van der Waals surface area (Å²) in [5.74, 6) is 0.329. The van der Waals surface area contributed by atoms with Gasteiger partial charge in [-0.05, 0) is 43.9 Å². The largest absolute Gasteiger partial charge is 0.483 e. The van der Waals surface area contributed by atoms with E-state index < -0.39 is 0 Å². The maximum absolute atomic E-state index is 13.4. The summed E-state index contributed by atoms with van der Waals surface area (Å²) < 4.78 is 19.0. The predicted molar refractivity (Wildman–Crippen MR) is 77.6 cm³/mol. The number of likely N-dealkylation sites (tertiary alicyclic amines) is 1. The highest BCUT2D eigenvalue weighted by atomic mass is 19.1. The normalized spacial score (nSPS) is 18.0. The van der Waals surface area contributed by atoms with Crippen LogP contribution in [0.25, 0.3) is 0 Å². The van der Waals surface area contributed by atoms with Crippen LogP contribution in [0.4, 0.5) is 4.39 Å². The van der Waals surface area contributed by atoms with Crippen molar-refractivity contribution in [2.45, 2.75) is 38.3 Å². The van der Waals surface area contributed by atoms with Crippen LogP contribution in [0.2, 0.25) is 0 Å². The molecular formula is C16H21FN2O2. The SMILES string of the molecule is O=C(COc1ccc(F)cc1CNC1CC1)N1CCCC1. The standard InChI is InChI=1S/C16H21FN2O2/c17-13-3-6-15(12(9-13)10-18-14-4-5-14)21-11-16(20)19-7-1-2-8-19/h3,6,9,14,18H,1-2,4-5,7-8,10-11H2. The molecule has 2 fully saturated rings. The van der Waals surface area contributed by atoms with Crippen LogP contribution in [-0.2, 0) is 11.3 Å². The number of nitrogens with zero attached hydrogens (tertiary/aromatic N) is 1. The Bertz CT molecular complexity index is 511. The number of benzene rings is 1. The molecule has 1 saturated carbocycles. The third-order valence-electron chi connectivity index (χ3n) is 3.99. The van der Waals surface area contributed by atoms with Crippen molar-refractivity contribution in [1.29, 1.82) is 0 Å². The molecule has 21 heavy (non-hydrogen) atoms. The molecule has 1 aliphatic carbocycles. The van der Waals surface area contributed by atoms with Gasteiger partial charge in [0.1, 0.15) is 11.6 Å². The minimum absolute atomic E-state index is 0.0120. The summed E-state index contributed by atoms with van der Waals surface area (Å²) in [6.45, 7) is 2.25. The molecule has 114 valence electrons. The summed E-state index contributed by atoms with van der Waals surface area (Å²) in [4.78, 5) is 13.8. The Kier molecular flexibility index (Phi) is 4.39. The summed E-state index contributed by atoms with van der Waals surface area (Å²) in [6.07, 6.45) is 4.50. The Balaban J connectivity index is 1.58. The van der Waals surface area contributed by atoms with Gasteiger partial charge in [-0.3, -0.25) is 4.79 Å². The second kappa shape index (κ2) is 6.43. The molecule has 1 amide bonds. The van der Waals surface area contributed by atoms with E-state index in [2.05, 4.69) is 5.32 Å². The van der Waals surface area contributed by atoms with Crippen LogP contribution in [0.15, 0.2) is 18.2 Å². The fraction of sp³-hybridized carbons (Fsp3) is 0.562. The van der Waals surface area contributed by atoms with Gasteiger partial charge in [-0.1, -0.05) is 0 Å². The summed E-state index contributed by atoms with van der Waals surface area (Å²) in [7, 11) is 0. The van der Waals surface area contributed by atoms with Crippen molar-refractivity contribution in [1.82, 2.24) is 10.2 Å². The first kappa shape index (κ1) is 14.3. The maximum Gasteiger partial charge on any atom is 0.260 e. The number of ether oxygens (including phenoxy) is 1. The van der Waals surface area contributed by atoms with Gasteiger partial charge in [-0.15, -0.1) is 0 Å². The van der Waals surface area contributed by atoms with Crippen molar-refractivity contribution in [3.05, 3.63) is 29.6 Å². The lowest BCUT2D eigenvalue weighted by Gasteiger charge is -2.17. The van der Waals surface area contributed by atoms with Crippen molar-refractivity contribution in [3.63, 3.8) is 0 Å². The lowest BCUT2D eigenvalue weighted by atomic mass is 10.2. The third kappa shape index (κ3) is 3.94. The van der Waals surface area contributed by atoms with E-state index in [1.54, 1.807) is 6.07 Å². The van der Waals surface area contributed by atoms with Crippen molar-refractivity contribution in [2.75, 3.05) is 19.7 Å². The molecule has 1 saturated heterocycles. The molecule has 1 aromatic rings. The highest BCUT2D eigenvalue weighted by molar-refractivity contribution is 5.78. The topological polar surface area (TPSA) is 41.6 Å². The van der Waals surface area contributed by atoms with E-state index in [1.165, 1.54) is 25.0 Å². The quantitative estimate of drug-likeness (QED) is 0.873. The van der Waals surface area contributed by atoms with Crippen LogP contribution in [0.1, 0.15) is 31.2 Å². The van der Waals surface area contributed by atoms with Crippen LogP contribution in [-0.4, -0.2) is 36.5 Å². The number of nitrogens with one attached hydrogen (secondary N) is 1. The number of amides is 1. The number of carbonyl (C=O) groups excluding carboxylic acids is 1. The predicted octanol–water partition coefficient (Wildman–Crippen LogP) is 2.08. The zero-order valence-corrected chi connectivity index (χ0v) is 12.1. The molecule has 1 aromatic carbocycles. The molecule has 1 aliphatic heterocycles. The number of halogens is 1. The van der Waals surface area contributed by atoms with Crippen LogP contribution in [0.5, 0.6) is 5.75 Å². The van der Waals surface area contributed by atoms with E-state index in [0.717, 1.165) is 31.5 Å². The summed E-state index contributed by atoms with van der Waals surface area (Å²) in [6, 6.07) is 5.00. The first-order chi connectivity index (χ1) is 10.2. The number of rotatable bonds is 6. The van der Waals surface area contributed by atoms with Crippen molar-refractivity contribution >= 4 is 5.91 Å². The van der Waals surface area contributed by atoms with Gasteiger partial charge < -0.3 is 15.0 Å². The number of hydrogen-bond donors (Lipinski definition) is 1. The molecule has 2 aliphatic rings. The highest BCUT2D eigenvalue weighted by Gasteiger charge is 2.21. The van der Waals surface area contributed by atoms with Crippen molar-refractivity contribution < 1.29 is 13.9 Å². The molecular weight excluding hydrogens is 271 g/mol. The van der Waals surface area contributed by atoms with Crippen molar-refractivity contribution in [3.8, 4) is 5.75 Å². The lowest BCUT2D eigenvalue weighted by molar-refractivity contribution is -0.132. The third-order valence-corrected chi connectivity index (χ3v) is 3.99. The molecule has 0 spiro atoms. The smallest absolute Gasteiger partial charge is 0.260 e. The molecule has 1 N–H and O–H groups in total. The van der Waals surface area contributed by atoms with Crippen LogP contribution in [0.3, 0.4) is 0 Å². The molecule has 0 atom stereocenters. The Hall–Kier alpha value is -1.62. The summed E-state index contributed by atoms with van der Waals surface area (Å²) in [5, 5.41) is 3.34. The first-order valence-corrected chi connectivity index (χ1v) is 7.65.